The molecule has 20 heavy (non-hydrogen) atoms. The summed E-state index contributed by atoms with van der Waals surface area (Å²) < 4.78 is 5.59. The number of hydrogen-bond acceptors (Lipinski definition) is 3. The Hall–Kier alpha value is -1.06. The number of rotatable bonds is 6. The fourth-order valence-electron chi connectivity index (χ4n) is 3.32. The lowest BCUT2D eigenvalue weighted by atomic mass is 10.0. The lowest BCUT2D eigenvalue weighted by Crippen LogP contribution is -2.32. The molecular formula is C17H26N2O. The average molecular weight is 274 g/mol. The van der Waals surface area contributed by atoms with E-state index in [1.807, 2.05) is 0 Å². The second-order valence-corrected chi connectivity index (χ2v) is 5.93. The van der Waals surface area contributed by atoms with Gasteiger partial charge in [0, 0.05) is 25.6 Å². The number of nitrogens with one attached hydrogen (secondary N) is 1. The summed E-state index contributed by atoms with van der Waals surface area (Å²) in [6.07, 6.45) is 4.96. The van der Waals surface area contributed by atoms with Gasteiger partial charge in [-0.05, 0) is 49.5 Å². The van der Waals surface area contributed by atoms with Crippen molar-refractivity contribution in [1.82, 2.24) is 10.2 Å². The minimum atomic E-state index is 0.475. The quantitative estimate of drug-likeness (QED) is 0.863. The monoisotopic (exact) mass is 274 g/mol. The zero-order valence-corrected chi connectivity index (χ0v) is 12.5. The van der Waals surface area contributed by atoms with Crippen molar-refractivity contribution in [3.8, 4) is 5.75 Å². The van der Waals surface area contributed by atoms with E-state index < -0.39 is 0 Å². The first-order valence-corrected chi connectivity index (χ1v) is 8.08. The van der Waals surface area contributed by atoms with Crippen LogP contribution in [0.5, 0.6) is 5.75 Å². The molecule has 1 unspecified atom stereocenters. The lowest BCUT2D eigenvalue weighted by molar-refractivity contribution is 0.326. The molecule has 3 nitrogen and oxygen atoms in total. The Morgan fingerprint density at radius 2 is 2.15 bits per heavy atom. The Morgan fingerprint density at radius 3 is 2.95 bits per heavy atom. The van der Waals surface area contributed by atoms with E-state index in [4.69, 9.17) is 4.74 Å². The highest BCUT2D eigenvalue weighted by atomic mass is 16.5. The molecule has 1 N–H and O–H groups in total. The molecule has 0 saturated carbocycles. The highest BCUT2D eigenvalue weighted by molar-refractivity contribution is 5.40. The maximum Gasteiger partial charge on any atom is 0.122 e. The third-order valence-corrected chi connectivity index (χ3v) is 4.54. The van der Waals surface area contributed by atoms with Crippen LogP contribution in [0.3, 0.4) is 0 Å². The Kier molecular flexibility index (Phi) is 4.58. The van der Waals surface area contributed by atoms with Crippen LogP contribution in [-0.2, 0) is 6.42 Å². The molecule has 2 heterocycles. The molecule has 2 aliphatic heterocycles. The first kappa shape index (κ1) is 13.9. The second kappa shape index (κ2) is 6.59. The minimum Gasteiger partial charge on any atom is -0.493 e. The summed E-state index contributed by atoms with van der Waals surface area (Å²) in [4.78, 5) is 2.57. The molecule has 2 aliphatic rings. The first-order chi connectivity index (χ1) is 9.86. The number of nitrogens with zero attached hydrogens (tertiary/aromatic N) is 1. The molecule has 0 amide bonds. The van der Waals surface area contributed by atoms with Gasteiger partial charge in [-0.3, -0.25) is 0 Å². The molecule has 0 aromatic heterocycles. The molecule has 1 aromatic rings. The van der Waals surface area contributed by atoms with E-state index in [1.165, 1.54) is 43.6 Å². The van der Waals surface area contributed by atoms with Crippen molar-refractivity contribution in [2.75, 3.05) is 32.8 Å². The maximum absolute atomic E-state index is 5.59. The van der Waals surface area contributed by atoms with Gasteiger partial charge in [0.25, 0.3) is 0 Å². The van der Waals surface area contributed by atoms with Gasteiger partial charge in [-0.1, -0.05) is 19.1 Å². The summed E-state index contributed by atoms with van der Waals surface area (Å²) in [5.74, 6) is 1.08. The van der Waals surface area contributed by atoms with Crippen molar-refractivity contribution in [1.29, 1.82) is 0 Å². The molecule has 0 bridgehead atoms. The Labute approximate surface area is 122 Å². The van der Waals surface area contributed by atoms with Gasteiger partial charge in [-0.2, -0.15) is 0 Å². The summed E-state index contributed by atoms with van der Waals surface area (Å²) in [5, 5.41) is 3.72. The molecule has 1 fully saturated rings. The Balaban J connectivity index is 1.55. The summed E-state index contributed by atoms with van der Waals surface area (Å²) in [7, 11) is 0. The largest absolute Gasteiger partial charge is 0.493 e. The van der Waals surface area contributed by atoms with Crippen molar-refractivity contribution >= 4 is 0 Å². The average Bonchev–Trinajstić information content (AvgIpc) is 3.13. The first-order valence-electron chi connectivity index (χ1n) is 8.08. The van der Waals surface area contributed by atoms with Crippen LogP contribution < -0.4 is 10.1 Å². The van der Waals surface area contributed by atoms with Gasteiger partial charge in [0.15, 0.2) is 0 Å². The summed E-state index contributed by atoms with van der Waals surface area (Å²) in [5.41, 5.74) is 2.79. The van der Waals surface area contributed by atoms with Crippen LogP contribution in [-0.4, -0.2) is 37.7 Å². The lowest BCUT2D eigenvalue weighted by Gasteiger charge is -2.21. The van der Waals surface area contributed by atoms with Crippen molar-refractivity contribution in [3.63, 3.8) is 0 Å². The van der Waals surface area contributed by atoms with Crippen LogP contribution in [0.25, 0.3) is 0 Å². The molecule has 0 spiro atoms. The van der Waals surface area contributed by atoms with E-state index >= 15 is 0 Å². The second-order valence-electron chi connectivity index (χ2n) is 5.93. The van der Waals surface area contributed by atoms with Crippen LogP contribution in [0.15, 0.2) is 18.2 Å². The zero-order chi connectivity index (χ0) is 13.8. The fraction of sp³-hybridized carbons (Fsp3) is 0.647. The topological polar surface area (TPSA) is 24.5 Å². The minimum absolute atomic E-state index is 0.475. The van der Waals surface area contributed by atoms with Gasteiger partial charge in [0.2, 0.25) is 0 Å². The Morgan fingerprint density at radius 1 is 1.30 bits per heavy atom. The van der Waals surface area contributed by atoms with Gasteiger partial charge in [-0.15, -0.1) is 0 Å². The van der Waals surface area contributed by atoms with Crippen LogP contribution in [0, 0.1) is 0 Å². The SMILES string of the molecule is CCC(NCCN1CCCC1)c1ccc2c(c1)CCO2. The van der Waals surface area contributed by atoms with Crippen LogP contribution in [0.2, 0.25) is 0 Å². The van der Waals surface area contributed by atoms with E-state index in [2.05, 4.69) is 35.3 Å². The number of ether oxygens (including phenoxy) is 1. The Bertz CT molecular complexity index is 441. The van der Waals surface area contributed by atoms with Crippen LogP contribution in [0.4, 0.5) is 0 Å². The standard InChI is InChI=1S/C17H26N2O/c1-2-16(18-8-11-19-9-3-4-10-19)14-5-6-17-15(13-14)7-12-20-17/h5-6,13,16,18H,2-4,7-12H2,1H3. The van der Waals surface area contributed by atoms with Gasteiger partial charge >= 0.3 is 0 Å². The number of fused-ring (bicyclic) bond motifs is 1. The van der Waals surface area contributed by atoms with Gasteiger partial charge in [-0.25, -0.2) is 0 Å². The molecular weight excluding hydrogens is 248 g/mol. The van der Waals surface area contributed by atoms with E-state index in [0.29, 0.717) is 6.04 Å². The molecule has 3 rings (SSSR count). The van der Waals surface area contributed by atoms with E-state index in [-0.39, 0.29) is 0 Å². The van der Waals surface area contributed by atoms with Gasteiger partial charge < -0.3 is 15.0 Å². The normalized spacial score (nSPS) is 19.9. The van der Waals surface area contributed by atoms with Crippen molar-refractivity contribution in [3.05, 3.63) is 29.3 Å². The predicted octanol–water partition coefficient (Wildman–Crippen LogP) is 2.76. The van der Waals surface area contributed by atoms with Crippen LogP contribution >= 0.6 is 0 Å². The summed E-state index contributed by atoms with van der Waals surface area (Å²) in [6.45, 7) is 7.95. The summed E-state index contributed by atoms with van der Waals surface area (Å²) in [6, 6.07) is 7.17. The molecule has 1 atom stereocenters. The molecule has 110 valence electrons. The van der Waals surface area contributed by atoms with Crippen molar-refractivity contribution < 1.29 is 4.74 Å². The van der Waals surface area contributed by atoms with Crippen molar-refractivity contribution in [2.45, 2.75) is 38.6 Å². The smallest absolute Gasteiger partial charge is 0.122 e. The number of benzene rings is 1. The third-order valence-electron chi connectivity index (χ3n) is 4.54. The number of likely N-dealkylation sites (tertiary alicyclic amines) is 1. The van der Waals surface area contributed by atoms with Crippen molar-refractivity contribution in [2.24, 2.45) is 0 Å². The predicted molar refractivity (Wildman–Crippen MR) is 82.3 cm³/mol. The van der Waals surface area contributed by atoms with E-state index in [1.54, 1.807) is 0 Å². The molecule has 1 saturated heterocycles. The highest BCUT2D eigenvalue weighted by Crippen LogP contribution is 2.29. The van der Waals surface area contributed by atoms with Gasteiger partial charge in [0.1, 0.15) is 5.75 Å². The number of hydrogen-bond donors (Lipinski definition) is 1. The third kappa shape index (κ3) is 3.15. The molecule has 0 radical (unpaired) electrons. The van der Waals surface area contributed by atoms with Crippen LogP contribution in [0.1, 0.15) is 43.4 Å². The van der Waals surface area contributed by atoms with E-state index in [9.17, 15) is 0 Å². The van der Waals surface area contributed by atoms with Gasteiger partial charge in [0.05, 0.1) is 6.61 Å². The maximum atomic E-state index is 5.59. The molecule has 1 aromatic carbocycles. The molecule has 0 aliphatic carbocycles. The zero-order valence-electron chi connectivity index (χ0n) is 12.5. The molecule has 3 heteroatoms. The van der Waals surface area contributed by atoms with E-state index in [0.717, 1.165) is 31.7 Å². The highest BCUT2D eigenvalue weighted by Gasteiger charge is 2.16. The summed E-state index contributed by atoms with van der Waals surface area (Å²) >= 11 is 0. The fourth-order valence-corrected chi connectivity index (χ4v) is 3.32.